The number of hydrogen-bond donors (Lipinski definition) is 3. The van der Waals surface area contributed by atoms with E-state index >= 15 is 0 Å². The van der Waals surface area contributed by atoms with Gasteiger partial charge in [0, 0.05) is 22.6 Å². The Balaban J connectivity index is 1.59. The van der Waals surface area contributed by atoms with E-state index in [1.165, 1.54) is 10.6 Å². The van der Waals surface area contributed by atoms with Gasteiger partial charge in [0.1, 0.15) is 19.2 Å². The molecule has 0 radical (unpaired) electrons. The van der Waals surface area contributed by atoms with Crippen molar-refractivity contribution in [1.82, 2.24) is 14.9 Å². The topological polar surface area (TPSA) is 146 Å². The summed E-state index contributed by atoms with van der Waals surface area (Å²) in [6, 6.07) is 4.65. The molecule has 0 fully saturated rings. The molecule has 0 bridgehead atoms. The molecule has 3 aromatic rings. The highest BCUT2D eigenvalue weighted by Gasteiger charge is 2.34. The van der Waals surface area contributed by atoms with E-state index in [0.29, 0.717) is 28.9 Å². The van der Waals surface area contributed by atoms with E-state index in [0.717, 1.165) is 16.5 Å². The van der Waals surface area contributed by atoms with E-state index < -0.39 is 17.9 Å². The number of cyclic esters (lactones) is 1. The Hall–Kier alpha value is -3.67. The van der Waals surface area contributed by atoms with Crippen molar-refractivity contribution in [2.75, 3.05) is 19.9 Å². The van der Waals surface area contributed by atoms with Crippen molar-refractivity contribution in [3.63, 3.8) is 0 Å². The van der Waals surface area contributed by atoms with Crippen LogP contribution in [0.5, 0.6) is 0 Å². The van der Waals surface area contributed by atoms with Crippen LogP contribution in [0.3, 0.4) is 0 Å². The zero-order valence-corrected chi connectivity index (χ0v) is 18.9. The van der Waals surface area contributed by atoms with Crippen LogP contribution in [-0.4, -0.2) is 46.4 Å². The number of esters is 1. The maximum Gasteiger partial charge on any atom is 0.340 e. The smallest absolute Gasteiger partial charge is 0.340 e. The van der Waals surface area contributed by atoms with Crippen molar-refractivity contribution >= 4 is 22.8 Å². The number of aliphatic hydroxyl groups excluding tert-OH is 1. The number of fused-ring (bicyclic) bond motifs is 5. The molecule has 5 rings (SSSR count). The number of carbonyl (C=O) groups excluding carboxylic acids is 2. The van der Waals surface area contributed by atoms with Crippen molar-refractivity contribution in [3.8, 4) is 11.4 Å². The summed E-state index contributed by atoms with van der Waals surface area (Å²) in [5.74, 6) is -1.56. The van der Waals surface area contributed by atoms with E-state index in [4.69, 9.17) is 15.2 Å². The molecule has 2 aromatic heterocycles. The van der Waals surface area contributed by atoms with E-state index in [2.05, 4.69) is 10.3 Å². The minimum atomic E-state index is -1.56. The number of halogens is 1. The number of aryl methyl sites for hydroxylation is 1. The molecule has 2 aliphatic heterocycles. The van der Waals surface area contributed by atoms with E-state index in [9.17, 15) is 23.9 Å². The highest BCUT2D eigenvalue weighted by Crippen LogP contribution is 2.38. The molecule has 10 nitrogen and oxygen atoms in total. The Morgan fingerprint density at radius 3 is 2.91 bits per heavy atom. The first-order chi connectivity index (χ1) is 16.8. The van der Waals surface area contributed by atoms with E-state index in [1.54, 1.807) is 19.1 Å². The standard InChI is InChI=1S/C24H23FN4O6/c1-11-4-13-12(2-3-34-10-27-20(30)7-26)15-8-29-19(21(15)28-18(13)6-17(11)25)5-14-16(23(29)32)9-35-24(33)22(14)31/h4-6,22,31H,2-3,7-10,26H2,1H3,(H,27,30)/t22-/m0/s1. The molecule has 35 heavy (non-hydrogen) atoms. The normalized spacial score (nSPS) is 16.0. The minimum Gasteiger partial charge on any atom is -0.458 e. The SMILES string of the molecule is Cc1cc2c(CCOCNC(=O)CN)c3c(nc2cc1F)-c1cc2c(c(=O)n1C3)COC(=O)[C@H]2O. The lowest BCUT2D eigenvalue weighted by molar-refractivity contribution is -0.157. The first-order valence-corrected chi connectivity index (χ1v) is 11.1. The molecular formula is C24H23FN4O6. The number of nitrogens with one attached hydrogen (secondary N) is 1. The minimum absolute atomic E-state index is 0.00673. The van der Waals surface area contributed by atoms with Crippen molar-refractivity contribution in [1.29, 1.82) is 0 Å². The van der Waals surface area contributed by atoms with Gasteiger partial charge in [-0.1, -0.05) is 0 Å². The summed E-state index contributed by atoms with van der Waals surface area (Å²) >= 11 is 0. The van der Waals surface area contributed by atoms with Gasteiger partial charge in [0.25, 0.3) is 5.56 Å². The molecule has 2 aliphatic rings. The number of amides is 1. The molecule has 1 atom stereocenters. The molecule has 0 aliphatic carbocycles. The summed E-state index contributed by atoms with van der Waals surface area (Å²) in [7, 11) is 0. The van der Waals surface area contributed by atoms with Crippen LogP contribution in [0.2, 0.25) is 0 Å². The Morgan fingerprint density at radius 1 is 1.34 bits per heavy atom. The van der Waals surface area contributed by atoms with Crippen LogP contribution >= 0.6 is 0 Å². The number of carbonyl (C=O) groups is 2. The molecule has 0 saturated heterocycles. The molecule has 11 heteroatoms. The first kappa shape index (κ1) is 23.1. The number of nitrogens with two attached hydrogens (primary N) is 1. The van der Waals surface area contributed by atoms with Gasteiger partial charge in [-0.2, -0.15) is 0 Å². The van der Waals surface area contributed by atoms with Gasteiger partial charge in [-0.15, -0.1) is 0 Å². The van der Waals surface area contributed by atoms with Crippen molar-refractivity contribution in [3.05, 3.63) is 62.2 Å². The number of aromatic nitrogens is 2. The summed E-state index contributed by atoms with van der Waals surface area (Å²) in [5.41, 5.74) is 8.73. The van der Waals surface area contributed by atoms with Crippen molar-refractivity contribution < 1.29 is 28.6 Å². The third-order valence-electron chi connectivity index (χ3n) is 6.41. The molecule has 182 valence electrons. The number of benzene rings is 1. The van der Waals surface area contributed by atoms with Gasteiger partial charge in [0.15, 0.2) is 6.10 Å². The molecule has 1 amide bonds. The number of nitrogens with zero attached hydrogens (tertiary/aromatic N) is 2. The van der Waals surface area contributed by atoms with Crippen LogP contribution in [0.4, 0.5) is 4.39 Å². The molecule has 4 heterocycles. The molecule has 4 N–H and O–H groups in total. The van der Waals surface area contributed by atoms with Gasteiger partial charge < -0.3 is 30.2 Å². The molecule has 0 spiro atoms. The second kappa shape index (κ2) is 8.84. The zero-order chi connectivity index (χ0) is 24.9. The fraction of sp³-hybridized carbons (Fsp3) is 0.333. The van der Waals surface area contributed by atoms with E-state index in [1.807, 2.05) is 0 Å². The van der Waals surface area contributed by atoms with Gasteiger partial charge >= 0.3 is 5.97 Å². The Bertz CT molecular complexity index is 1450. The largest absolute Gasteiger partial charge is 0.458 e. The maximum atomic E-state index is 14.4. The summed E-state index contributed by atoms with van der Waals surface area (Å²) in [5, 5.41) is 13.6. The highest BCUT2D eigenvalue weighted by molar-refractivity contribution is 5.89. The third-order valence-corrected chi connectivity index (χ3v) is 6.41. The second-order valence-corrected chi connectivity index (χ2v) is 8.51. The number of pyridine rings is 2. The number of hydrogen-bond acceptors (Lipinski definition) is 8. The number of rotatable bonds is 6. The maximum absolute atomic E-state index is 14.4. The van der Waals surface area contributed by atoms with Crippen LogP contribution in [0.15, 0.2) is 23.0 Å². The molecule has 1 aromatic carbocycles. The van der Waals surface area contributed by atoms with Gasteiger partial charge in [-0.05, 0) is 36.6 Å². The fourth-order valence-electron chi connectivity index (χ4n) is 4.57. The van der Waals surface area contributed by atoms with Gasteiger partial charge in [0.05, 0.1) is 42.2 Å². The van der Waals surface area contributed by atoms with Gasteiger partial charge in [-0.3, -0.25) is 9.59 Å². The monoisotopic (exact) mass is 482 g/mol. The zero-order valence-electron chi connectivity index (χ0n) is 18.9. The van der Waals surface area contributed by atoms with Crippen LogP contribution in [0.1, 0.15) is 33.9 Å². The predicted octanol–water partition coefficient (Wildman–Crippen LogP) is 0.554. The Kier molecular flexibility index (Phi) is 5.83. The van der Waals surface area contributed by atoms with Crippen LogP contribution in [-0.2, 0) is 38.6 Å². The number of aliphatic hydroxyl groups is 1. The van der Waals surface area contributed by atoms with Crippen molar-refractivity contribution in [2.24, 2.45) is 5.73 Å². The summed E-state index contributed by atoms with van der Waals surface area (Å²) < 4.78 is 26.4. The fourth-order valence-corrected chi connectivity index (χ4v) is 4.57. The average Bonchev–Trinajstić information content (AvgIpc) is 3.20. The number of ether oxygens (including phenoxy) is 2. The quantitative estimate of drug-likeness (QED) is 0.205. The lowest BCUT2D eigenvalue weighted by Gasteiger charge is -2.21. The first-order valence-electron chi connectivity index (χ1n) is 11.1. The Labute approximate surface area is 198 Å². The lowest BCUT2D eigenvalue weighted by Crippen LogP contribution is -2.32. The van der Waals surface area contributed by atoms with Crippen LogP contribution in [0, 0.1) is 12.7 Å². The predicted molar refractivity (Wildman–Crippen MR) is 122 cm³/mol. The van der Waals surface area contributed by atoms with Crippen molar-refractivity contribution in [2.45, 2.75) is 32.6 Å². The summed E-state index contributed by atoms with van der Waals surface area (Å²) in [4.78, 5) is 41.1. The van der Waals surface area contributed by atoms with Crippen LogP contribution in [0.25, 0.3) is 22.3 Å². The average molecular weight is 482 g/mol. The molecule has 0 saturated carbocycles. The van der Waals surface area contributed by atoms with E-state index in [-0.39, 0.29) is 55.6 Å². The highest BCUT2D eigenvalue weighted by atomic mass is 19.1. The molecule has 0 unspecified atom stereocenters. The summed E-state index contributed by atoms with van der Waals surface area (Å²) in [6.07, 6.45) is -1.14. The second-order valence-electron chi connectivity index (χ2n) is 8.51. The summed E-state index contributed by atoms with van der Waals surface area (Å²) in [6.45, 7) is 1.77. The molecular weight excluding hydrogens is 459 g/mol. The van der Waals surface area contributed by atoms with Gasteiger partial charge in [-0.25, -0.2) is 14.2 Å². The third kappa shape index (κ3) is 3.87. The van der Waals surface area contributed by atoms with Gasteiger partial charge in [0.2, 0.25) is 5.91 Å². The Morgan fingerprint density at radius 2 is 2.14 bits per heavy atom. The lowest BCUT2D eigenvalue weighted by atomic mass is 9.96. The van der Waals surface area contributed by atoms with Crippen LogP contribution < -0.4 is 16.6 Å².